The number of carbonyl (C=O) groups excluding carboxylic acids is 1. The normalized spacial score (nSPS) is 18.5. The molecule has 2 fully saturated rings. The highest BCUT2D eigenvalue weighted by atomic mass is 16.5. The highest BCUT2D eigenvalue weighted by Crippen LogP contribution is 2.32. The Hall–Kier alpha value is -2.53. The second kappa shape index (κ2) is 8.87. The Morgan fingerprint density at radius 1 is 1.03 bits per heavy atom. The summed E-state index contributed by atoms with van der Waals surface area (Å²) < 4.78 is 5.28. The molecule has 1 saturated heterocycles. The quantitative estimate of drug-likeness (QED) is 0.737. The number of anilines is 2. The molecule has 0 spiro atoms. The Balaban J connectivity index is 1.54. The number of carbonyl (C=O) groups is 1. The summed E-state index contributed by atoms with van der Waals surface area (Å²) in [6.07, 6.45) is 4.54. The molecule has 2 aromatic rings. The zero-order valence-electron chi connectivity index (χ0n) is 17.4. The Bertz CT molecular complexity index is 809. The van der Waals surface area contributed by atoms with Crippen molar-refractivity contribution in [3.63, 3.8) is 0 Å². The average Bonchev–Trinajstić information content (AvgIpc) is 3.45. The molecule has 5 nitrogen and oxygen atoms in total. The monoisotopic (exact) mass is 393 g/mol. The molecule has 0 unspecified atom stereocenters. The Labute approximate surface area is 173 Å². The minimum atomic E-state index is -0.0955. The topological polar surface area (TPSA) is 44.8 Å². The third-order valence-corrected chi connectivity index (χ3v) is 5.95. The predicted octanol–water partition coefficient (Wildman–Crippen LogP) is 3.97. The van der Waals surface area contributed by atoms with Crippen molar-refractivity contribution in [3.05, 3.63) is 54.1 Å². The summed E-state index contributed by atoms with van der Waals surface area (Å²) in [7, 11) is 1.66. The largest absolute Gasteiger partial charge is 0.497 e. The van der Waals surface area contributed by atoms with Crippen LogP contribution in [0.4, 0.5) is 11.4 Å². The molecule has 2 aromatic carbocycles. The molecule has 1 atom stereocenters. The first-order chi connectivity index (χ1) is 14.2. The van der Waals surface area contributed by atoms with Crippen LogP contribution in [0.5, 0.6) is 5.75 Å². The Morgan fingerprint density at radius 3 is 2.28 bits per heavy atom. The molecule has 29 heavy (non-hydrogen) atoms. The summed E-state index contributed by atoms with van der Waals surface area (Å²) in [5.41, 5.74) is 3.32. The molecular formula is C24H31N3O2. The van der Waals surface area contributed by atoms with Gasteiger partial charge in [0.15, 0.2) is 0 Å². The van der Waals surface area contributed by atoms with Gasteiger partial charge in [0.25, 0.3) is 0 Å². The van der Waals surface area contributed by atoms with Crippen molar-refractivity contribution in [1.82, 2.24) is 5.32 Å². The minimum Gasteiger partial charge on any atom is -0.497 e. The number of ether oxygens (including phenoxy) is 1. The second-order valence-electron chi connectivity index (χ2n) is 7.95. The van der Waals surface area contributed by atoms with Crippen molar-refractivity contribution >= 4 is 17.3 Å². The van der Waals surface area contributed by atoms with Crippen LogP contribution in [0.25, 0.3) is 0 Å². The third kappa shape index (κ3) is 4.56. The van der Waals surface area contributed by atoms with Crippen LogP contribution in [0.15, 0.2) is 48.5 Å². The maximum atomic E-state index is 13.2. The maximum absolute atomic E-state index is 13.2. The molecule has 2 aliphatic rings. The van der Waals surface area contributed by atoms with Crippen molar-refractivity contribution in [2.75, 3.05) is 30.0 Å². The van der Waals surface area contributed by atoms with Gasteiger partial charge in [-0.1, -0.05) is 12.1 Å². The van der Waals surface area contributed by atoms with Crippen molar-refractivity contribution in [2.24, 2.45) is 0 Å². The Morgan fingerprint density at radius 2 is 1.72 bits per heavy atom. The van der Waals surface area contributed by atoms with Gasteiger partial charge in [-0.25, -0.2) is 0 Å². The number of rotatable bonds is 8. The van der Waals surface area contributed by atoms with E-state index < -0.39 is 0 Å². The van der Waals surface area contributed by atoms with Gasteiger partial charge in [-0.15, -0.1) is 0 Å². The molecule has 1 aliphatic carbocycles. The highest BCUT2D eigenvalue weighted by Gasteiger charge is 2.29. The van der Waals surface area contributed by atoms with E-state index >= 15 is 0 Å². The number of amides is 1. The fraction of sp³-hybridized carbons (Fsp3) is 0.458. The average molecular weight is 394 g/mol. The van der Waals surface area contributed by atoms with Gasteiger partial charge in [-0.2, -0.15) is 0 Å². The van der Waals surface area contributed by atoms with Crippen molar-refractivity contribution in [1.29, 1.82) is 0 Å². The number of nitrogens with zero attached hydrogens (tertiary/aromatic N) is 2. The SMILES string of the molecule is CCN(c1ccc(CN(C(=O)[C@@H]2CCCN2)c2ccc(OC)cc2)cc1)C1CC1. The standard InChI is InChI=1S/C24H31N3O2/c1-3-26(20-10-11-20)19-8-6-18(7-9-19)17-27(24(28)23-5-4-16-25-23)21-12-14-22(29-2)15-13-21/h6-9,12-15,20,23,25H,3-5,10-11,16-17H2,1-2H3/t23-/m0/s1. The molecule has 1 amide bonds. The molecule has 1 aliphatic heterocycles. The molecule has 0 aromatic heterocycles. The Kier molecular flexibility index (Phi) is 6.05. The van der Waals surface area contributed by atoms with Gasteiger partial charge in [0.05, 0.1) is 19.7 Å². The number of methoxy groups -OCH3 is 1. The van der Waals surface area contributed by atoms with Crippen LogP contribution >= 0.6 is 0 Å². The summed E-state index contributed by atoms with van der Waals surface area (Å²) in [6.45, 7) is 4.73. The summed E-state index contributed by atoms with van der Waals surface area (Å²) in [5.74, 6) is 0.939. The summed E-state index contributed by atoms with van der Waals surface area (Å²) in [4.78, 5) is 17.6. The number of hydrogen-bond acceptors (Lipinski definition) is 4. The van der Waals surface area contributed by atoms with Crippen LogP contribution in [-0.4, -0.2) is 38.2 Å². The van der Waals surface area contributed by atoms with E-state index in [9.17, 15) is 4.79 Å². The molecule has 4 rings (SSSR count). The molecule has 1 N–H and O–H groups in total. The molecular weight excluding hydrogens is 362 g/mol. The maximum Gasteiger partial charge on any atom is 0.244 e. The van der Waals surface area contributed by atoms with Crippen LogP contribution in [-0.2, 0) is 11.3 Å². The lowest BCUT2D eigenvalue weighted by molar-refractivity contribution is -0.120. The smallest absolute Gasteiger partial charge is 0.244 e. The van der Waals surface area contributed by atoms with E-state index in [1.807, 2.05) is 29.2 Å². The van der Waals surface area contributed by atoms with Crippen LogP contribution in [0.1, 0.15) is 38.2 Å². The van der Waals surface area contributed by atoms with Crippen LogP contribution < -0.4 is 19.9 Å². The molecule has 1 heterocycles. The van der Waals surface area contributed by atoms with Crippen LogP contribution in [0.3, 0.4) is 0 Å². The predicted molar refractivity (Wildman–Crippen MR) is 118 cm³/mol. The first-order valence-electron chi connectivity index (χ1n) is 10.7. The fourth-order valence-electron chi connectivity index (χ4n) is 4.16. The summed E-state index contributed by atoms with van der Waals surface area (Å²) in [6, 6.07) is 17.1. The summed E-state index contributed by atoms with van der Waals surface area (Å²) in [5, 5.41) is 3.34. The van der Waals surface area contributed by atoms with E-state index in [0.717, 1.165) is 42.9 Å². The van der Waals surface area contributed by atoms with E-state index in [0.29, 0.717) is 12.6 Å². The molecule has 1 saturated carbocycles. The van der Waals surface area contributed by atoms with Gasteiger partial charge in [0.1, 0.15) is 5.75 Å². The summed E-state index contributed by atoms with van der Waals surface area (Å²) >= 11 is 0. The second-order valence-corrected chi connectivity index (χ2v) is 7.95. The van der Waals surface area contributed by atoms with E-state index in [1.54, 1.807) is 7.11 Å². The highest BCUT2D eigenvalue weighted by molar-refractivity contribution is 5.97. The van der Waals surface area contributed by atoms with Gasteiger partial charge < -0.3 is 19.9 Å². The van der Waals surface area contributed by atoms with E-state index in [4.69, 9.17) is 4.74 Å². The molecule has 5 heteroatoms. The van der Waals surface area contributed by atoms with Crippen LogP contribution in [0.2, 0.25) is 0 Å². The van der Waals surface area contributed by atoms with Gasteiger partial charge in [-0.3, -0.25) is 4.79 Å². The minimum absolute atomic E-state index is 0.0955. The fourth-order valence-corrected chi connectivity index (χ4v) is 4.16. The molecule has 0 bridgehead atoms. The first-order valence-corrected chi connectivity index (χ1v) is 10.7. The van der Waals surface area contributed by atoms with Gasteiger partial charge in [0.2, 0.25) is 5.91 Å². The third-order valence-electron chi connectivity index (χ3n) is 5.95. The van der Waals surface area contributed by atoms with E-state index in [-0.39, 0.29) is 11.9 Å². The number of hydrogen-bond donors (Lipinski definition) is 1. The lowest BCUT2D eigenvalue weighted by Gasteiger charge is -2.27. The van der Waals surface area contributed by atoms with Crippen molar-refractivity contribution < 1.29 is 9.53 Å². The van der Waals surface area contributed by atoms with Crippen molar-refractivity contribution in [2.45, 2.75) is 51.2 Å². The lowest BCUT2D eigenvalue weighted by Crippen LogP contribution is -2.43. The van der Waals surface area contributed by atoms with Gasteiger partial charge in [-0.05, 0) is 81.1 Å². The van der Waals surface area contributed by atoms with E-state index in [1.165, 1.54) is 18.5 Å². The zero-order valence-corrected chi connectivity index (χ0v) is 17.4. The number of nitrogens with one attached hydrogen (secondary N) is 1. The van der Waals surface area contributed by atoms with E-state index in [2.05, 4.69) is 41.4 Å². The van der Waals surface area contributed by atoms with Gasteiger partial charge in [0, 0.05) is 24.0 Å². The van der Waals surface area contributed by atoms with Crippen LogP contribution in [0, 0.1) is 0 Å². The zero-order chi connectivity index (χ0) is 20.2. The lowest BCUT2D eigenvalue weighted by atomic mass is 10.1. The molecule has 154 valence electrons. The van der Waals surface area contributed by atoms with Gasteiger partial charge >= 0.3 is 0 Å². The number of benzene rings is 2. The molecule has 0 radical (unpaired) electrons. The first kappa shape index (κ1) is 19.8. The van der Waals surface area contributed by atoms with Crippen molar-refractivity contribution in [3.8, 4) is 5.75 Å².